The predicted octanol–water partition coefficient (Wildman–Crippen LogP) is 3.62. The lowest BCUT2D eigenvalue weighted by Gasteiger charge is -2.08. The van der Waals surface area contributed by atoms with E-state index in [2.05, 4.69) is 25.9 Å². The minimum absolute atomic E-state index is 0.143. The van der Waals surface area contributed by atoms with Gasteiger partial charge < -0.3 is 4.72 Å². The molecule has 0 heterocycles. The van der Waals surface area contributed by atoms with Crippen LogP contribution >= 0.6 is 30.3 Å². The van der Waals surface area contributed by atoms with Crippen LogP contribution in [0.25, 0.3) is 0 Å². The molecule has 0 atom stereocenters. The molecule has 0 bridgehead atoms. The van der Waals surface area contributed by atoms with Crippen LogP contribution in [-0.2, 0) is 0 Å². The molecule has 1 rings (SSSR count). The molecule has 6 heteroatoms. The van der Waals surface area contributed by atoms with Gasteiger partial charge in [-0.25, -0.2) is 0 Å². The molecule has 0 spiro atoms. The SMILES string of the molecule is Cc1cc([N+](=O)[O-])cc(C)c1NSI. The Morgan fingerprint density at radius 1 is 1.43 bits per heavy atom. The van der Waals surface area contributed by atoms with Crippen molar-refractivity contribution in [2.24, 2.45) is 0 Å². The molecule has 0 aliphatic rings. The van der Waals surface area contributed by atoms with Crippen LogP contribution in [0, 0.1) is 24.0 Å². The van der Waals surface area contributed by atoms with Crippen LogP contribution in [0.4, 0.5) is 11.4 Å². The van der Waals surface area contributed by atoms with Crippen molar-refractivity contribution in [3.63, 3.8) is 0 Å². The van der Waals surface area contributed by atoms with Crippen LogP contribution in [0.1, 0.15) is 11.1 Å². The van der Waals surface area contributed by atoms with E-state index < -0.39 is 0 Å². The van der Waals surface area contributed by atoms with E-state index in [9.17, 15) is 10.1 Å². The number of nitro benzene ring substituents is 1. The number of nitro groups is 1. The topological polar surface area (TPSA) is 55.2 Å². The zero-order chi connectivity index (χ0) is 10.7. The summed E-state index contributed by atoms with van der Waals surface area (Å²) in [5, 5.41) is 10.6. The average molecular weight is 324 g/mol. The number of anilines is 1. The third kappa shape index (κ3) is 2.50. The van der Waals surface area contributed by atoms with Crippen LogP contribution in [0.5, 0.6) is 0 Å². The van der Waals surface area contributed by atoms with E-state index in [1.54, 1.807) is 12.1 Å². The fourth-order valence-corrected chi connectivity index (χ4v) is 2.31. The third-order valence-electron chi connectivity index (χ3n) is 1.87. The van der Waals surface area contributed by atoms with Gasteiger partial charge in [-0.1, -0.05) is 0 Å². The first-order chi connectivity index (χ1) is 6.56. The van der Waals surface area contributed by atoms with Crippen LogP contribution < -0.4 is 4.72 Å². The maximum atomic E-state index is 10.6. The molecule has 0 unspecified atom stereocenters. The number of halogens is 1. The molecule has 76 valence electrons. The molecule has 4 nitrogen and oxygen atoms in total. The van der Waals surface area contributed by atoms with Crippen molar-refractivity contribution in [1.82, 2.24) is 0 Å². The van der Waals surface area contributed by atoms with Gasteiger partial charge in [-0.3, -0.25) is 10.1 Å². The molecular formula is C8H9IN2O2S. The highest BCUT2D eigenvalue weighted by atomic mass is 127. The van der Waals surface area contributed by atoms with Gasteiger partial charge in [0.1, 0.15) is 0 Å². The van der Waals surface area contributed by atoms with Gasteiger partial charge in [-0.05, 0) is 25.0 Å². The summed E-state index contributed by atoms with van der Waals surface area (Å²) < 4.78 is 3.09. The van der Waals surface area contributed by atoms with Gasteiger partial charge in [0, 0.05) is 42.5 Å². The molecule has 0 fully saturated rings. The number of hydrogen-bond acceptors (Lipinski definition) is 4. The molecule has 14 heavy (non-hydrogen) atoms. The van der Waals surface area contributed by atoms with E-state index in [0.717, 1.165) is 16.8 Å². The lowest BCUT2D eigenvalue weighted by molar-refractivity contribution is -0.384. The summed E-state index contributed by atoms with van der Waals surface area (Å²) in [5.74, 6) is 0. The van der Waals surface area contributed by atoms with Crippen molar-refractivity contribution in [2.75, 3.05) is 4.72 Å². The molecule has 0 saturated carbocycles. The monoisotopic (exact) mass is 324 g/mol. The first-order valence-electron chi connectivity index (χ1n) is 3.85. The van der Waals surface area contributed by atoms with Gasteiger partial charge in [0.05, 0.1) is 10.6 Å². The van der Waals surface area contributed by atoms with Gasteiger partial charge in [0.15, 0.2) is 0 Å². The first kappa shape index (κ1) is 11.6. The summed E-state index contributed by atoms with van der Waals surface area (Å²) in [5.41, 5.74) is 2.88. The Morgan fingerprint density at radius 2 is 1.93 bits per heavy atom. The summed E-state index contributed by atoms with van der Waals surface area (Å²) in [7, 11) is 1.45. The van der Waals surface area contributed by atoms with E-state index in [1.807, 2.05) is 13.8 Å². The number of nitrogens with zero attached hydrogens (tertiary/aromatic N) is 1. The van der Waals surface area contributed by atoms with Gasteiger partial charge in [-0.15, -0.1) is 0 Å². The van der Waals surface area contributed by atoms with Crippen LogP contribution in [0.3, 0.4) is 0 Å². The maximum Gasteiger partial charge on any atom is 0.270 e. The Kier molecular flexibility index (Phi) is 3.99. The van der Waals surface area contributed by atoms with Crippen LogP contribution in [0.2, 0.25) is 0 Å². The summed E-state index contributed by atoms with van der Waals surface area (Å²) in [6.45, 7) is 3.71. The molecule has 0 amide bonds. The minimum Gasteiger partial charge on any atom is -0.321 e. The van der Waals surface area contributed by atoms with Crippen molar-refractivity contribution in [3.05, 3.63) is 33.4 Å². The molecule has 0 aliphatic heterocycles. The summed E-state index contributed by atoms with van der Waals surface area (Å²) in [6, 6.07) is 3.14. The number of nitrogens with one attached hydrogen (secondary N) is 1. The Morgan fingerprint density at radius 3 is 2.29 bits per heavy atom. The average Bonchev–Trinajstić information content (AvgIpc) is 2.10. The van der Waals surface area contributed by atoms with E-state index >= 15 is 0 Å². The van der Waals surface area contributed by atoms with Gasteiger partial charge >= 0.3 is 0 Å². The van der Waals surface area contributed by atoms with Crippen LogP contribution in [-0.4, -0.2) is 4.92 Å². The highest BCUT2D eigenvalue weighted by Gasteiger charge is 2.11. The summed E-state index contributed by atoms with van der Waals surface area (Å²) in [4.78, 5) is 10.2. The number of aryl methyl sites for hydroxylation is 2. The Labute approximate surface area is 98.3 Å². The smallest absolute Gasteiger partial charge is 0.270 e. The lowest BCUT2D eigenvalue weighted by Crippen LogP contribution is -1.95. The second-order valence-electron chi connectivity index (χ2n) is 2.89. The first-order valence-corrected chi connectivity index (χ1v) is 7.21. The van der Waals surface area contributed by atoms with Crippen molar-refractivity contribution >= 4 is 41.7 Å². The number of rotatable bonds is 3. The molecular weight excluding hydrogens is 315 g/mol. The van der Waals surface area contributed by atoms with Gasteiger partial charge in [-0.2, -0.15) is 0 Å². The second-order valence-corrected chi connectivity index (χ2v) is 4.57. The molecule has 1 N–H and O–H groups in total. The quantitative estimate of drug-likeness (QED) is 0.399. The molecule has 0 radical (unpaired) electrons. The molecule has 1 aromatic rings. The second kappa shape index (κ2) is 4.83. The predicted molar refractivity (Wildman–Crippen MR) is 67.8 cm³/mol. The number of benzene rings is 1. The van der Waals surface area contributed by atoms with Crippen molar-refractivity contribution in [3.8, 4) is 0 Å². The lowest BCUT2D eigenvalue weighted by atomic mass is 10.1. The molecule has 0 aromatic heterocycles. The van der Waals surface area contributed by atoms with Crippen molar-refractivity contribution < 1.29 is 4.92 Å². The fourth-order valence-electron chi connectivity index (χ4n) is 1.25. The van der Waals surface area contributed by atoms with Crippen LogP contribution in [0.15, 0.2) is 12.1 Å². The van der Waals surface area contributed by atoms with Crippen molar-refractivity contribution in [1.29, 1.82) is 0 Å². The fraction of sp³-hybridized carbons (Fsp3) is 0.250. The Hall–Kier alpha value is -0.500. The van der Waals surface area contributed by atoms with E-state index in [0.29, 0.717) is 0 Å². The highest BCUT2D eigenvalue weighted by Crippen LogP contribution is 2.29. The Bertz CT molecular complexity index is 347. The van der Waals surface area contributed by atoms with E-state index in [4.69, 9.17) is 0 Å². The zero-order valence-electron chi connectivity index (χ0n) is 7.70. The molecule has 0 aliphatic carbocycles. The summed E-state index contributed by atoms with van der Waals surface area (Å²) in [6.07, 6.45) is 0. The van der Waals surface area contributed by atoms with Crippen molar-refractivity contribution in [2.45, 2.75) is 13.8 Å². The third-order valence-corrected chi connectivity index (χ3v) is 2.81. The highest BCUT2D eigenvalue weighted by molar-refractivity contribution is 14.2. The van der Waals surface area contributed by atoms with Gasteiger partial charge in [0.25, 0.3) is 5.69 Å². The zero-order valence-corrected chi connectivity index (χ0v) is 10.7. The maximum absolute atomic E-state index is 10.6. The summed E-state index contributed by atoms with van der Waals surface area (Å²) >= 11 is 2.12. The Balaban J connectivity index is 3.18. The minimum atomic E-state index is -0.374. The number of hydrogen-bond donors (Lipinski definition) is 1. The normalized spacial score (nSPS) is 9.93. The number of non-ortho nitro benzene ring substituents is 1. The van der Waals surface area contributed by atoms with E-state index in [1.165, 1.54) is 9.12 Å². The van der Waals surface area contributed by atoms with Gasteiger partial charge in [0.2, 0.25) is 0 Å². The standard InChI is InChI=1S/C8H9IN2O2S/c1-5-3-7(11(12)13)4-6(2)8(5)10-14-9/h3-4,10H,1-2H3. The largest absolute Gasteiger partial charge is 0.321 e. The molecule has 0 saturated heterocycles. The molecule has 1 aromatic carbocycles. The van der Waals surface area contributed by atoms with E-state index in [-0.39, 0.29) is 10.6 Å².